The number of likely N-dealkylation sites (tertiary alicyclic amines) is 1. The number of hydrogen-bond acceptors (Lipinski definition) is 7. The quantitative estimate of drug-likeness (QED) is 0.194. The van der Waals surface area contributed by atoms with Gasteiger partial charge in [-0.2, -0.15) is 0 Å². The Bertz CT molecular complexity index is 1620. The second-order valence-corrected chi connectivity index (χ2v) is 12.7. The van der Waals surface area contributed by atoms with Crippen LogP contribution in [-0.4, -0.2) is 73.1 Å². The third-order valence-corrected chi connectivity index (χ3v) is 10.9. The number of benzene rings is 2. The maximum absolute atomic E-state index is 14.1. The number of carbonyl (C=O) groups is 5. The van der Waals surface area contributed by atoms with Crippen LogP contribution < -0.4 is 9.64 Å². The third-order valence-electron chi connectivity index (χ3n) is 8.94. The first-order valence-corrected chi connectivity index (χ1v) is 15.4. The number of amides is 4. The first kappa shape index (κ1) is 29.8. The van der Waals surface area contributed by atoms with E-state index in [0.29, 0.717) is 16.9 Å². The molecule has 0 aromatic heterocycles. The number of allylic oxidation sites excluding steroid dienone is 2. The Morgan fingerprint density at radius 1 is 1.02 bits per heavy atom. The number of imide groups is 2. The van der Waals surface area contributed by atoms with Crippen molar-refractivity contribution in [3.05, 3.63) is 71.3 Å². The van der Waals surface area contributed by atoms with Crippen molar-refractivity contribution in [3.63, 3.8) is 0 Å². The van der Waals surface area contributed by atoms with Gasteiger partial charge in [-0.15, -0.1) is 23.2 Å². The molecular formula is C30H25BrCl2N2O8. The van der Waals surface area contributed by atoms with Crippen molar-refractivity contribution in [2.75, 3.05) is 23.6 Å². The number of para-hydroxylation sites is 1. The van der Waals surface area contributed by atoms with Gasteiger partial charge in [-0.3, -0.25) is 29.0 Å². The Balaban J connectivity index is 1.51. The molecule has 2 saturated heterocycles. The highest BCUT2D eigenvalue weighted by molar-refractivity contribution is 9.09. The number of carboxylic acids is 1. The van der Waals surface area contributed by atoms with Gasteiger partial charge in [0.25, 0.3) is 11.8 Å². The summed E-state index contributed by atoms with van der Waals surface area (Å²) in [6, 6.07) is 12.4. The summed E-state index contributed by atoms with van der Waals surface area (Å²) in [7, 11) is 0. The van der Waals surface area contributed by atoms with Crippen LogP contribution >= 0.6 is 39.1 Å². The van der Waals surface area contributed by atoms with Crippen LogP contribution in [0.3, 0.4) is 0 Å². The number of aliphatic hydroxyl groups is 1. The molecule has 3 fully saturated rings. The standard InChI is InChI=1S/C30H25BrCl2N2O8/c31-14-34-27(41)29(32)13-20-17(23(30(29,33)28(34)42)18-6-1-2-7-21(18)43-11-10-36)8-9-19-22(20)25(38)35(24(19)37)16-5-3-4-15(12-16)26(39)40/h1-8,12,19-20,22-23,36H,9-11,13-14H2,(H,39,40). The van der Waals surface area contributed by atoms with E-state index in [0.717, 1.165) is 9.80 Å². The highest BCUT2D eigenvalue weighted by Gasteiger charge is 2.76. The van der Waals surface area contributed by atoms with Gasteiger partial charge >= 0.3 is 5.97 Å². The van der Waals surface area contributed by atoms with Gasteiger partial charge in [-0.1, -0.05) is 51.8 Å². The summed E-state index contributed by atoms with van der Waals surface area (Å²) in [5, 5.41) is 18.9. The molecule has 4 amide bonds. The predicted molar refractivity (Wildman–Crippen MR) is 158 cm³/mol. The Kier molecular flexibility index (Phi) is 7.44. The Labute approximate surface area is 264 Å². The number of halogens is 3. The summed E-state index contributed by atoms with van der Waals surface area (Å²) < 4.78 is 5.82. The molecule has 6 unspecified atom stereocenters. The zero-order valence-corrected chi connectivity index (χ0v) is 25.5. The molecular weight excluding hydrogens is 667 g/mol. The van der Waals surface area contributed by atoms with E-state index in [1.807, 2.05) is 0 Å². The van der Waals surface area contributed by atoms with E-state index >= 15 is 0 Å². The Morgan fingerprint density at radius 2 is 1.77 bits per heavy atom. The average molecular weight is 692 g/mol. The minimum atomic E-state index is -1.99. The number of rotatable bonds is 7. The molecule has 2 aromatic carbocycles. The van der Waals surface area contributed by atoms with Gasteiger partial charge in [-0.25, -0.2) is 4.79 Å². The molecule has 6 rings (SSSR count). The minimum Gasteiger partial charge on any atom is -0.491 e. The van der Waals surface area contributed by atoms with Crippen LogP contribution in [0.15, 0.2) is 60.2 Å². The lowest BCUT2D eigenvalue weighted by molar-refractivity contribution is -0.138. The molecule has 0 radical (unpaired) electrons. The van der Waals surface area contributed by atoms with Crippen molar-refractivity contribution in [3.8, 4) is 5.75 Å². The molecule has 4 aliphatic rings. The van der Waals surface area contributed by atoms with E-state index in [9.17, 15) is 34.2 Å². The maximum Gasteiger partial charge on any atom is 0.335 e. The van der Waals surface area contributed by atoms with Gasteiger partial charge in [0.1, 0.15) is 12.4 Å². The lowest BCUT2D eigenvalue weighted by Crippen LogP contribution is -2.60. The van der Waals surface area contributed by atoms with Gasteiger partial charge in [0.15, 0.2) is 9.75 Å². The van der Waals surface area contributed by atoms with Crippen LogP contribution in [0.2, 0.25) is 0 Å². The molecule has 2 heterocycles. The second-order valence-electron chi connectivity index (χ2n) is 11.0. The fourth-order valence-electron chi connectivity index (χ4n) is 7.14. The molecule has 2 aliphatic carbocycles. The summed E-state index contributed by atoms with van der Waals surface area (Å²) in [5.74, 6) is -6.84. The largest absolute Gasteiger partial charge is 0.491 e. The highest BCUT2D eigenvalue weighted by Crippen LogP contribution is 2.66. The van der Waals surface area contributed by atoms with Gasteiger partial charge in [0, 0.05) is 11.5 Å². The summed E-state index contributed by atoms with van der Waals surface area (Å²) in [6.07, 6.45) is 1.77. The second kappa shape index (κ2) is 10.7. The molecule has 6 atom stereocenters. The highest BCUT2D eigenvalue weighted by atomic mass is 79.9. The predicted octanol–water partition coefficient (Wildman–Crippen LogP) is 3.67. The van der Waals surface area contributed by atoms with Crippen LogP contribution in [0.1, 0.15) is 34.7 Å². The van der Waals surface area contributed by atoms with Crippen molar-refractivity contribution in [2.24, 2.45) is 17.8 Å². The summed E-state index contributed by atoms with van der Waals surface area (Å²) >= 11 is 17.7. The van der Waals surface area contributed by atoms with Crippen LogP contribution in [0.25, 0.3) is 0 Å². The van der Waals surface area contributed by atoms with E-state index in [1.165, 1.54) is 24.3 Å². The smallest absolute Gasteiger partial charge is 0.335 e. The number of carbonyl (C=O) groups excluding carboxylic acids is 4. The van der Waals surface area contributed by atoms with Gasteiger partial charge in [-0.05, 0) is 43.0 Å². The Morgan fingerprint density at radius 3 is 2.47 bits per heavy atom. The fraction of sp³-hybridized carbons (Fsp3) is 0.367. The number of aromatic carboxylic acids is 1. The lowest BCUT2D eigenvalue weighted by atomic mass is 9.56. The number of anilines is 1. The molecule has 2 aliphatic heterocycles. The first-order valence-electron chi connectivity index (χ1n) is 13.5. The van der Waals surface area contributed by atoms with Crippen molar-refractivity contribution in [1.29, 1.82) is 0 Å². The lowest BCUT2D eigenvalue weighted by Gasteiger charge is -2.51. The number of ether oxygens (including phenoxy) is 1. The van der Waals surface area contributed by atoms with Crippen LogP contribution in [0.4, 0.5) is 5.69 Å². The van der Waals surface area contributed by atoms with E-state index < -0.39 is 63.0 Å². The van der Waals surface area contributed by atoms with Crippen molar-refractivity contribution >= 4 is 74.4 Å². The summed E-state index contributed by atoms with van der Waals surface area (Å²) in [4.78, 5) is 65.1. The van der Waals surface area contributed by atoms with Crippen molar-refractivity contribution < 1.29 is 38.9 Å². The summed E-state index contributed by atoms with van der Waals surface area (Å²) in [6.45, 7) is -0.320. The number of aliphatic hydroxyl groups excluding tert-OH is 1. The molecule has 10 nitrogen and oxygen atoms in total. The third kappa shape index (κ3) is 4.12. The molecule has 43 heavy (non-hydrogen) atoms. The SMILES string of the molecule is O=C(O)c1cccc(N2C(=O)C3CC=C4C(CC5(Cl)C(=O)N(CBr)C(=O)C5(Cl)C4c4ccccc4OCCO)C3C2=O)c1. The zero-order valence-electron chi connectivity index (χ0n) is 22.4. The van der Waals surface area contributed by atoms with E-state index in [4.69, 9.17) is 27.9 Å². The minimum absolute atomic E-state index is 0.0457. The molecule has 224 valence electrons. The van der Waals surface area contributed by atoms with Crippen molar-refractivity contribution in [1.82, 2.24) is 4.90 Å². The number of alkyl halides is 3. The molecule has 1 saturated carbocycles. The van der Waals surface area contributed by atoms with Gasteiger partial charge in [0.05, 0.1) is 35.1 Å². The fourth-order valence-corrected chi connectivity index (χ4v) is 8.55. The number of fused-ring (bicyclic) bond motifs is 4. The van der Waals surface area contributed by atoms with Crippen LogP contribution in [-0.2, 0) is 19.2 Å². The molecule has 0 bridgehead atoms. The number of carboxylic acid groups (broad SMARTS) is 1. The Hall–Kier alpha value is -3.25. The monoisotopic (exact) mass is 690 g/mol. The van der Waals surface area contributed by atoms with E-state index in [2.05, 4.69) is 15.9 Å². The maximum atomic E-state index is 14.1. The van der Waals surface area contributed by atoms with Crippen molar-refractivity contribution in [2.45, 2.75) is 28.5 Å². The summed E-state index contributed by atoms with van der Waals surface area (Å²) in [5.41, 5.74) is 0.939. The van der Waals surface area contributed by atoms with Gasteiger partial charge < -0.3 is 14.9 Å². The molecule has 2 aromatic rings. The molecule has 2 N–H and O–H groups in total. The molecule has 0 spiro atoms. The normalized spacial score (nSPS) is 31.5. The topological polar surface area (TPSA) is 142 Å². The van der Waals surface area contributed by atoms with Crippen LogP contribution in [0, 0.1) is 17.8 Å². The molecule has 13 heteroatoms. The average Bonchev–Trinajstić information content (AvgIpc) is 3.34. The van der Waals surface area contributed by atoms with Gasteiger partial charge in [0.2, 0.25) is 11.8 Å². The van der Waals surface area contributed by atoms with E-state index in [1.54, 1.807) is 30.3 Å². The number of nitrogens with zero attached hydrogens (tertiary/aromatic N) is 2. The van der Waals surface area contributed by atoms with E-state index in [-0.39, 0.29) is 42.8 Å². The zero-order chi connectivity index (χ0) is 30.8. The van der Waals surface area contributed by atoms with Crippen LogP contribution in [0.5, 0.6) is 5.75 Å². The first-order chi connectivity index (χ1) is 20.5. The number of hydrogen-bond donors (Lipinski definition) is 2.